The summed E-state index contributed by atoms with van der Waals surface area (Å²) in [6, 6.07) is -0.358. The molecule has 1 atom stereocenters. The lowest BCUT2D eigenvalue weighted by Gasteiger charge is -2.40. The smallest absolute Gasteiger partial charge is 0.322 e. The van der Waals surface area contributed by atoms with Gasteiger partial charge in [0.1, 0.15) is 11.4 Å². The molecule has 3 amide bonds. The Morgan fingerprint density at radius 2 is 1.96 bits per heavy atom. The third-order valence-electron chi connectivity index (χ3n) is 5.55. The molecule has 7 heteroatoms. The molecule has 0 unspecified atom stereocenters. The average molecular weight is 333 g/mol. The Morgan fingerprint density at radius 1 is 1.25 bits per heavy atom. The van der Waals surface area contributed by atoms with Crippen molar-refractivity contribution in [3.05, 3.63) is 17.2 Å². The predicted octanol–water partition coefficient (Wildman–Crippen LogP) is 1.48. The number of carbonyl (C=O) groups excluding carboxylic acids is 2. The minimum absolute atomic E-state index is 0.163. The Hall–Kier alpha value is -1.89. The van der Waals surface area contributed by atoms with Crippen molar-refractivity contribution in [2.75, 3.05) is 13.1 Å². The summed E-state index contributed by atoms with van der Waals surface area (Å²) in [5.41, 5.74) is 1.53. The number of H-pyrrole nitrogens is 1. The summed E-state index contributed by atoms with van der Waals surface area (Å²) in [7, 11) is 0. The molecule has 2 fully saturated rings. The highest BCUT2D eigenvalue weighted by Crippen LogP contribution is 2.33. The number of carbonyl (C=O) groups is 2. The Kier molecular flexibility index (Phi) is 4.62. The molecule has 0 bridgehead atoms. The lowest BCUT2D eigenvalue weighted by Crippen LogP contribution is -2.55. The standard InChI is InChI=1S/C17H27N5O2/c1-4-14-18-11(3)13(19-14)10-22-8-6-12(7-9-22)17(5-2)15(23)20-16(24)21-17/h12H,4-10H2,1-3H3,(H,18,19)(H2,20,21,23,24)/t17-/m0/s1. The largest absolute Gasteiger partial charge is 0.346 e. The first-order chi connectivity index (χ1) is 11.5. The molecule has 2 saturated heterocycles. The Labute approximate surface area is 142 Å². The summed E-state index contributed by atoms with van der Waals surface area (Å²) in [6.45, 7) is 8.81. The van der Waals surface area contributed by atoms with E-state index in [4.69, 9.17) is 0 Å². The van der Waals surface area contributed by atoms with Crippen molar-refractivity contribution in [1.82, 2.24) is 25.5 Å². The topological polar surface area (TPSA) is 90.1 Å². The van der Waals surface area contributed by atoms with Crippen molar-refractivity contribution in [2.24, 2.45) is 5.92 Å². The van der Waals surface area contributed by atoms with Crippen LogP contribution >= 0.6 is 0 Å². The van der Waals surface area contributed by atoms with E-state index in [-0.39, 0.29) is 17.9 Å². The second kappa shape index (κ2) is 6.55. The number of aromatic nitrogens is 2. The quantitative estimate of drug-likeness (QED) is 0.712. The zero-order chi connectivity index (χ0) is 17.3. The fourth-order valence-corrected chi connectivity index (χ4v) is 4.01. The highest BCUT2D eigenvalue weighted by Gasteiger charge is 2.50. The second-order valence-corrected chi connectivity index (χ2v) is 6.89. The van der Waals surface area contributed by atoms with Crippen molar-refractivity contribution >= 4 is 11.9 Å². The van der Waals surface area contributed by atoms with E-state index in [1.54, 1.807) is 0 Å². The number of nitrogens with zero attached hydrogens (tertiary/aromatic N) is 2. The zero-order valence-corrected chi connectivity index (χ0v) is 14.7. The van der Waals surface area contributed by atoms with Crippen LogP contribution in [0.1, 0.15) is 50.3 Å². The van der Waals surface area contributed by atoms with E-state index < -0.39 is 5.54 Å². The molecule has 3 rings (SSSR count). The van der Waals surface area contributed by atoms with Crippen LogP contribution in [0.2, 0.25) is 0 Å². The number of nitrogens with one attached hydrogen (secondary N) is 3. The van der Waals surface area contributed by atoms with Crippen LogP contribution in [0, 0.1) is 12.8 Å². The van der Waals surface area contributed by atoms with Crippen LogP contribution in [0.4, 0.5) is 4.79 Å². The van der Waals surface area contributed by atoms with Gasteiger partial charge in [-0.3, -0.25) is 15.0 Å². The number of imide groups is 1. The molecular weight excluding hydrogens is 306 g/mol. The van der Waals surface area contributed by atoms with E-state index in [1.807, 2.05) is 6.92 Å². The maximum atomic E-state index is 12.3. The van der Waals surface area contributed by atoms with Crippen LogP contribution in [0.5, 0.6) is 0 Å². The lowest BCUT2D eigenvalue weighted by molar-refractivity contribution is -0.126. The molecule has 132 valence electrons. The second-order valence-electron chi connectivity index (χ2n) is 6.89. The van der Waals surface area contributed by atoms with Crippen molar-refractivity contribution in [3.63, 3.8) is 0 Å². The zero-order valence-electron chi connectivity index (χ0n) is 14.7. The minimum atomic E-state index is -0.721. The highest BCUT2D eigenvalue weighted by atomic mass is 16.2. The van der Waals surface area contributed by atoms with Crippen molar-refractivity contribution in [2.45, 2.75) is 58.5 Å². The molecule has 1 aromatic rings. The molecule has 24 heavy (non-hydrogen) atoms. The Bertz CT molecular complexity index is 633. The maximum absolute atomic E-state index is 12.3. The number of urea groups is 1. The molecular formula is C17H27N5O2. The molecule has 1 aromatic heterocycles. The van der Waals surface area contributed by atoms with Gasteiger partial charge in [0.15, 0.2) is 0 Å². The summed E-state index contributed by atoms with van der Waals surface area (Å²) in [6.07, 6.45) is 3.36. The van der Waals surface area contributed by atoms with Gasteiger partial charge >= 0.3 is 6.03 Å². The average Bonchev–Trinajstić information content (AvgIpc) is 3.07. The SMILES string of the molecule is CCc1nc(CN2CCC([C@]3(CC)NC(=O)NC3=O)CC2)c(C)[nH]1. The number of hydrogen-bond donors (Lipinski definition) is 3. The van der Waals surface area contributed by atoms with E-state index in [0.717, 1.165) is 56.1 Å². The van der Waals surface area contributed by atoms with Crippen molar-refractivity contribution < 1.29 is 9.59 Å². The normalized spacial score (nSPS) is 25.8. The van der Waals surface area contributed by atoms with Gasteiger partial charge in [-0.25, -0.2) is 9.78 Å². The number of aromatic amines is 1. The van der Waals surface area contributed by atoms with Crippen LogP contribution in [0.3, 0.4) is 0 Å². The van der Waals surface area contributed by atoms with E-state index in [1.165, 1.54) is 0 Å². The molecule has 0 aromatic carbocycles. The number of rotatable bonds is 5. The van der Waals surface area contributed by atoms with Gasteiger partial charge in [0.25, 0.3) is 5.91 Å². The van der Waals surface area contributed by atoms with E-state index in [0.29, 0.717) is 6.42 Å². The van der Waals surface area contributed by atoms with Gasteiger partial charge in [0.2, 0.25) is 0 Å². The first-order valence-corrected chi connectivity index (χ1v) is 8.88. The number of amides is 3. The van der Waals surface area contributed by atoms with Crippen LogP contribution in [0.15, 0.2) is 0 Å². The molecule has 3 heterocycles. The van der Waals surface area contributed by atoms with Gasteiger partial charge in [-0.15, -0.1) is 0 Å². The first kappa shape index (κ1) is 17.0. The summed E-state index contributed by atoms with van der Waals surface area (Å²) in [5.74, 6) is 1.06. The van der Waals surface area contributed by atoms with Crippen molar-refractivity contribution in [3.8, 4) is 0 Å². The monoisotopic (exact) mass is 333 g/mol. The minimum Gasteiger partial charge on any atom is -0.346 e. The molecule has 0 aliphatic carbocycles. The third-order valence-corrected chi connectivity index (χ3v) is 5.55. The van der Waals surface area contributed by atoms with Gasteiger partial charge in [-0.05, 0) is 45.2 Å². The van der Waals surface area contributed by atoms with E-state index in [9.17, 15) is 9.59 Å². The number of piperidine rings is 1. The molecule has 2 aliphatic rings. The van der Waals surface area contributed by atoms with Gasteiger partial charge in [0, 0.05) is 18.7 Å². The van der Waals surface area contributed by atoms with E-state index >= 15 is 0 Å². The van der Waals surface area contributed by atoms with Crippen LogP contribution < -0.4 is 10.6 Å². The van der Waals surface area contributed by atoms with Crippen LogP contribution in [0.25, 0.3) is 0 Å². The highest BCUT2D eigenvalue weighted by molar-refractivity contribution is 6.07. The van der Waals surface area contributed by atoms with Crippen LogP contribution in [-0.4, -0.2) is 45.4 Å². The fourth-order valence-electron chi connectivity index (χ4n) is 4.01. The first-order valence-electron chi connectivity index (χ1n) is 8.88. The molecule has 3 N–H and O–H groups in total. The molecule has 0 spiro atoms. The number of aryl methyl sites for hydroxylation is 2. The molecule has 7 nitrogen and oxygen atoms in total. The van der Waals surface area contributed by atoms with Gasteiger partial charge in [0.05, 0.1) is 5.69 Å². The van der Waals surface area contributed by atoms with E-state index in [2.05, 4.69) is 39.3 Å². The fraction of sp³-hybridized carbons (Fsp3) is 0.706. The van der Waals surface area contributed by atoms with Gasteiger partial charge < -0.3 is 10.3 Å². The molecule has 0 saturated carbocycles. The number of likely N-dealkylation sites (tertiary alicyclic amines) is 1. The third kappa shape index (κ3) is 2.92. The number of imidazole rings is 1. The van der Waals surface area contributed by atoms with Crippen LogP contribution in [-0.2, 0) is 17.8 Å². The Balaban J connectivity index is 1.62. The summed E-state index contributed by atoms with van der Waals surface area (Å²) < 4.78 is 0. The van der Waals surface area contributed by atoms with Gasteiger partial charge in [-0.2, -0.15) is 0 Å². The Morgan fingerprint density at radius 3 is 2.46 bits per heavy atom. The van der Waals surface area contributed by atoms with Gasteiger partial charge in [-0.1, -0.05) is 13.8 Å². The summed E-state index contributed by atoms with van der Waals surface area (Å²) in [4.78, 5) is 34.2. The molecule has 0 radical (unpaired) electrons. The lowest BCUT2D eigenvalue weighted by atomic mass is 9.76. The summed E-state index contributed by atoms with van der Waals surface area (Å²) in [5, 5.41) is 5.29. The maximum Gasteiger partial charge on any atom is 0.322 e. The van der Waals surface area contributed by atoms with Crippen molar-refractivity contribution in [1.29, 1.82) is 0 Å². The predicted molar refractivity (Wildman–Crippen MR) is 90.4 cm³/mol. The molecule has 2 aliphatic heterocycles. The summed E-state index contributed by atoms with van der Waals surface area (Å²) >= 11 is 0. The number of hydrogen-bond acceptors (Lipinski definition) is 4.